The monoisotopic (exact) mass is 357 g/mol. The summed E-state index contributed by atoms with van der Waals surface area (Å²) in [6, 6.07) is 0. The van der Waals surface area contributed by atoms with Crippen LogP contribution in [0.2, 0.25) is 0 Å². The van der Waals surface area contributed by atoms with Gasteiger partial charge >= 0.3 is 0 Å². The van der Waals surface area contributed by atoms with Crippen LogP contribution in [0.4, 0.5) is 4.79 Å². The highest BCUT2D eigenvalue weighted by molar-refractivity contribution is 7.96. The van der Waals surface area contributed by atoms with Crippen molar-refractivity contribution < 1.29 is 14.3 Å². The third-order valence-electron chi connectivity index (χ3n) is 3.23. The van der Waals surface area contributed by atoms with Gasteiger partial charge in [-0.25, -0.2) is 0 Å². The normalized spacial score (nSPS) is 13.7. The van der Waals surface area contributed by atoms with Crippen LogP contribution in [0, 0.1) is 17.8 Å². The van der Waals surface area contributed by atoms with E-state index in [1.165, 1.54) is 0 Å². The van der Waals surface area contributed by atoms with Gasteiger partial charge in [-0.15, -0.1) is 0 Å². The predicted molar refractivity (Wildman–Crippen MR) is 99.6 cm³/mol. The molecule has 0 fully saturated rings. The predicted octanol–water partition coefficient (Wildman–Crippen LogP) is 2.04. The third-order valence-corrected chi connectivity index (χ3v) is 3.34. The largest absolute Gasteiger partial charge is 0.375 e. The van der Waals surface area contributed by atoms with Crippen LogP contribution in [0.3, 0.4) is 0 Å². The van der Waals surface area contributed by atoms with E-state index in [0.29, 0.717) is 38.3 Å². The van der Waals surface area contributed by atoms with E-state index in [9.17, 15) is 9.59 Å². The maximum absolute atomic E-state index is 11.8. The third kappa shape index (κ3) is 13.2. The summed E-state index contributed by atoms with van der Waals surface area (Å²) in [5.74, 6) is 6.16. The Morgan fingerprint density at radius 3 is 2.42 bits per heavy atom. The van der Waals surface area contributed by atoms with Crippen molar-refractivity contribution in [3.63, 3.8) is 0 Å². The molecule has 0 aromatic heterocycles. The van der Waals surface area contributed by atoms with Crippen molar-refractivity contribution in [1.82, 2.24) is 10.6 Å². The first kappa shape index (κ1) is 22.8. The molecule has 0 spiro atoms. The first-order valence-electron chi connectivity index (χ1n) is 8.12. The molecule has 0 aromatic carbocycles. The summed E-state index contributed by atoms with van der Waals surface area (Å²) in [6.45, 7) is 10.3. The number of ether oxygens (including phenoxy) is 1. The van der Waals surface area contributed by atoms with E-state index in [4.69, 9.17) is 10.5 Å². The van der Waals surface area contributed by atoms with Crippen molar-refractivity contribution in [2.45, 2.75) is 65.1 Å². The molecule has 0 bridgehead atoms. The van der Waals surface area contributed by atoms with Crippen LogP contribution in [-0.4, -0.2) is 35.6 Å². The zero-order chi connectivity index (χ0) is 18.8. The second-order valence-electron chi connectivity index (χ2n) is 6.96. The average Bonchev–Trinajstić information content (AvgIpc) is 2.39. The van der Waals surface area contributed by atoms with Crippen LogP contribution < -0.4 is 16.4 Å². The number of nitrogens with one attached hydrogen (secondary N) is 2. The zero-order valence-electron chi connectivity index (χ0n) is 15.4. The molecule has 0 radical (unpaired) electrons. The van der Waals surface area contributed by atoms with E-state index in [2.05, 4.69) is 35.1 Å². The molecule has 0 aromatic rings. The Balaban J connectivity index is 4.07. The summed E-state index contributed by atoms with van der Waals surface area (Å²) in [4.78, 5) is 22.7. The van der Waals surface area contributed by atoms with Gasteiger partial charge in [-0.2, -0.15) is 0 Å². The Morgan fingerprint density at radius 1 is 1.25 bits per heavy atom. The van der Waals surface area contributed by atoms with Crippen LogP contribution in [0.15, 0.2) is 0 Å². The summed E-state index contributed by atoms with van der Waals surface area (Å²) in [7, 11) is 0. The van der Waals surface area contributed by atoms with Gasteiger partial charge in [-0.1, -0.05) is 38.3 Å². The molecule has 0 aliphatic carbocycles. The topological polar surface area (TPSA) is 93.4 Å². The van der Waals surface area contributed by atoms with E-state index in [0.717, 1.165) is 0 Å². The lowest BCUT2D eigenvalue weighted by Crippen LogP contribution is -2.52. The van der Waals surface area contributed by atoms with Crippen molar-refractivity contribution in [2.24, 2.45) is 11.7 Å². The maximum atomic E-state index is 11.8. The Kier molecular flexibility index (Phi) is 10.1. The molecule has 0 saturated heterocycles. The minimum Gasteiger partial charge on any atom is -0.375 e. The van der Waals surface area contributed by atoms with Crippen LogP contribution in [0.5, 0.6) is 0 Å². The maximum Gasteiger partial charge on any atom is 0.277 e. The molecule has 24 heavy (non-hydrogen) atoms. The first-order chi connectivity index (χ1) is 10.9. The Hall–Kier alpha value is -1.23. The molecule has 1 unspecified atom stereocenters. The van der Waals surface area contributed by atoms with Crippen molar-refractivity contribution in [2.75, 3.05) is 13.2 Å². The van der Waals surface area contributed by atoms with Gasteiger partial charge in [0, 0.05) is 18.8 Å². The smallest absolute Gasteiger partial charge is 0.277 e. The van der Waals surface area contributed by atoms with E-state index in [-0.39, 0.29) is 5.91 Å². The van der Waals surface area contributed by atoms with Crippen LogP contribution >= 0.6 is 12.6 Å². The van der Waals surface area contributed by atoms with Crippen molar-refractivity contribution in [1.29, 1.82) is 0 Å². The number of carbonyl (C=O) groups is 2. The lowest BCUT2D eigenvalue weighted by Gasteiger charge is -2.29. The summed E-state index contributed by atoms with van der Waals surface area (Å²) in [5.41, 5.74) is 4.59. The highest BCUT2D eigenvalue weighted by atomic mass is 32.1. The number of hydrogen-bond acceptors (Lipinski definition) is 4. The van der Waals surface area contributed by atoms with Crippen LogP contribution in [0.1, 0.15) is 53.9 Å². The minimum atomic E-state index is -0.874. The highest BCUT2D eigenvalue weighted by Gasteiger charge is 2.23. The summed E-state index contributed by atoms with van der Waals surface area (Å²) in [6.07, 6.45) is 1.39. The van der Waals surface area contributed by atoms with E-state index in [1.807, 2.05) is 27.7 Å². The van der Waals surface area contributed by atoms with Gasteiger partial charge in [-0.3, -0.25) is 9.59 Å². The summed E-state index contributed by atoms with van der Waals surface area (Å²) < 4.78 is 5.79. The zero-order valence-corrected chi connectivity index (χ0v) is 16.3. The molecule has 2 amide bonds. The van der Waals surface area contributed by atoms with Gasteiger partial charge in [0.25, 0.3) is 5.24 Å². The Bertz CT molecular complexity index is 479. The molecule has 1 atom stereocenters. The molecule has 0 saturated carbocycles. The second-order valence-corrected chi connectivity index (χ2v) is 7.36. The van der Waals surface area contributed by atoms with Gasteiger partial charge in [0.15, 0.2) is 0 Å². The van der Waals surface area contributed by atoms with Gasteiger partial charge in [0.1, 0.15) is 0 Å². The molecule has 7 heteroatoms. The van der Waals surface area contributed by atoms with Crippen molar-refractivity contribution in [3.05, 3.63) is 0 Å². The van der Waals surface area contributed by atoms with Gasteiger partial charge in [0.2, 0.25) is 5.91 Å². The standard InChI is InChI=1S/C17H31N3O3S/c1-13(2)7-6-11-19-14(21)8-9-16(3,4)23-12-10-17(5,18)20-15(22)24/h13H,8-12,18H2,1-5H3,(H,19,21)(H2,20,22,24). The molecule has 0 heterocycles. The summed E-state index contributed by atoms with van der Waals surface area (Å²) >= 11 is 3.65. The van der Waals surface area contributed by atoms with E-state index >= 15 is 0 Å². The Morgan fingerprint density at radius 2 is 1.88 bits per heavy atom. The van der Waals surface area contributed by atoms with Crippen molar-refractivity contribution >= 4 is 23.8 Å². The molecular formula is C17H31N3O3S. The number of nitrogens with two attached hydrogens (primary N) is 1. The molecule has 138 valence electrons. The number of rotatable bonds is 9. The van der Waals surface area contributed by atoms with Crippen LogP contribution in [0.25, 0.3) is 0 Å². The fraction of sp³-hybridized carbons (Fsp3) is 0.765. The Labute approximate surface area is 151 Å². The minimum absolute atomic E-state index is 0.0456. The van der Waals surface area contributed by atoms with E-state index in [1.54, 1.807) is 6.92 Å². The molecule has 0 aliphatic rings. The lowest BCUT2D eigenvalue weighted by molar-refractivity contribution is -0.122. The fourth-order valence-electron chi connectivity index (χ4n) is 1.82. The number of carbonyl (C=O) groups excluding carboxylic acids is 2. The first-order valence-corrected chi connectivity index (χ1v) is 8.57. The molecule has 6 nitrogen and oxygen atoms in total. The SMILES string of the molecule is CC(C)C#CCNC(=O)CCC(C)(C)OCCC(C)(N)NC(=O)S. The lowest BCUT2D eigenvalue weighted by atomic mass is 10.0. The molecule has 0 rings (SSSR count). The molecular weight excluding hydrogens is 326 g/mol. The number of amides is 2. The van der Waals surface area contributed by atoms with E-state index < -0.39 is 16.5 Å². The molecule has 4 N–H and O–H groups in total. The van der Waals surface area contributed by atoms with Gasteiger partial charge in [-0.05, 0) is 27.2 Å². The molecule has 0 aliphatic heterocycles. The quantitative estimate of drug-likeness (QED) is 0.289. The van der Waals surface area contributed by atoms with Crippen molar-refractivity contribution in [3.8, 4) is 11.8 Å². The number of thiol groups is 1. The van der Waals surface area contributed by atoms with Gasteiger partial charge in [0.05, 0.1) is 24.4 Å². The highest BCUT2D eigenvalue weighted by Crippen LogP contribution is 2.18. The summed E-state index contributed by atoms with van der Waals surface area (Å²) in [5, 5.41) is 4.83. The fourth-order valence-corrected chi connectivity index (χ4v) is 2.07. The average molecular weight is 358 g/mol. The number of hydrogen-bond donors (Lipinski definition) is 4. The van der Waals surface area contributed by atoms with Gasteiger partial charge < -0.3 is 21.1 Å². The van der Waals surface area contributed by atoms with Crippen LogP contribution in [-0.2, 0) is 9.53 Å². The second kappa shape index (κ2) is 10.6.